The van der Waals surface area contributed by atoms with Crippen LogP contribution in [0, 0.1) is 0 Å². The van der Waals surface area contributed by atoms with E-state index >= 15 is 0 Å². The van der Waals surface area contributed by atoms with Crippen molar-refractivity contribution >= 4 is 22.5 Å². The van der Waals surface area contributed by atoms with Gasteiger partial charge >= 0.3 is 0 Å². The number of aromatic amines is 1. The summed E-state index contributed by atoms with van der Waals surface area (Å²) >= 11 is 0. The van der Waals surface area contributed by atoms with Gasteiger partial charge in [0.25, 0.3) is 5.91 Å². The van der Waals surface area contributed by atoms with Crippen LogP contribution in [0.15, 0.2) is 55.0 Å². The predicted molar refractivity (Wildman–Crippen MR) is 71.1 cm³/mol. The molecule has 1 amide bonds. The fourth-order valence-electron chi connectivity index (χ4n) is 1.97. The summed E-state index contributed by atoms with van der Waals surface area (Å²) in [6, 6.07) is 10.4. The molecule has 0 aliphatic carbocycles. The zero-order valence-electron chi connectivity index (χ0n) is 9.95. The molecule has 0 saturated heterocycles. The van der Waals surface area contributed by atoms with Crippen molar-refractivity contribution in [1.82, 2.24) is 9.97 Å². The highest BCUT2D eigenvalue weighted by Crippen LogP contribution is 2.25. The Kier molecular flexibility index (Phi) is 2.74. The minimum absolute atomic E-state index is 0.331. The smallest absolute Gasteiger partial charge is 0.283 e. The summed E-state index contributed by atoms with van der Waals surface area (Å²) in [4.78, 5) is 19.0. The van der Waals surface area contributed by atoms with Gasteiger partial charge in [0, 0.05) is 29.5 Å². The number of nitrogens with one attached hydrogen (secondary N) is 1. The lowest BCUT2D eigenvalue weighted by molar-refractivity contribution is 0.0855. The molecule has 0 radical (unpaired) electrons. The third kappa shape index (κ3) is 1.96. The van der Waals surface area contributed by atoms with E-state index in [-0.39, 0.29) is 0 Å². The molecule has 3 rings (SSSR count). The molecule has 0 spiro atoms. The van der Waals surface area contributed by atoms with Crippen LogP contribution < -0.4 is 5.06 Å². The Hall–Kier alpha value is -2.66. The number of pyridine rings is 1. The van der Waals surface area contributed by atoms with Crippen molar-refractivity contribution in [2.24, 2.45) is 0 Å². The summed E-state index contributed by atoms with van der Waals surface area (Å²) in [6.07, 6.45) is 4.75. The second-order valence-electron chi connectivity index (χ2n) is 4.07. The molecule has 5 nitrogen and oxygen atoms in total. The first-order valence-corrected chi connectivity index (χ1v) is 5.77. The summed E-state index contributed by atoms with van der Waals surface area (Å²) in [5, 5.41) is 11.5. The highest BCUT2D eigenvalue weighted by atomic mass is 16.5. The van der Waals surface area contributed by atoms with E-state index in [1.807, 2.05) is 12.1 Å². The largest absolute Gasteiger partial charge is 0.361 e. The molecular weight excluding hydrogens is 242 g/mol. The Bertz CT molecular complexity index is 722. The summed E-state index contributed by atoms with van der Waals surface area (Å²) in [5.74, 6) is -0.512. The summed E-state index contributed by atoms with van der Waals surface area (Å²) in [5.41, 5.74) is 1.63. The van der Waals surface area contributed by atoms with E-state index in [2.05, 4.69) is 9.97 Å². The zero-order chi connectivity index (χ0) is 13.2. The Morgan fingerprint density at radius 2 is 2.11 bits per heavy atom. The van der Waals surface area contributed by atoms with Crippen LogP contribution in [0.25, 0.3) is 10.9 Å². The number of carbonyl (C=O) groups excluding carboxylic acids is 1. The van der Waals surface area contributed by atoms with E-state index in [4.69, 9.17) is 0 Å². The molecule has 0 bridgehead atoms. The van der Waals surface area contributed by atoms with E-state index in [0.29, 0.717) is 16.3 Å². The van der Waals surface area contributed by atoms with Gasteiger partial charge in [0.2, 0.25) is 0 Å². The van der Waals surface area contributed by atoms with Gasteiger partial charge in [-0.3, -0.25) is 15.0 Å². The first kappa shape index (κ1) is 11.4. The average molecular weight is 253 g/mol. The number of aromatic nitrogens is 2. The van der Waals surface area contributed by atoms with Crippen molar-refractivity contribution in [3.05, 3.63) is 60.6 Å². The van der Waals surface area contributed by atoms with Crippen LogP contribution in [0.1, 0.15) is 10.4 Å². The lowest BCUT2D eigenvalue weighted by Crippen LogP contribution is -2.27. The Morgan fingerprint density at radius 1 is 1.21 bits per heavy atom. The summed E-state index contributed by atoms with van der Waals surface area (Å²) < 4.78 is 0. The quantitative estimate of drug-likeness (QED) is 0.544. The van der Waals surface area contributed by atoms with E-state index in [1.54, 1.807) is 36.7 Å². The monoisotopic (exact) mass is 253 g/mol. The molecule has 0 aliphatic heterocycles. The van der Waals surface area contributed by atoms with Gasteiger partial charge in [-0.25, -0.2) is 0 Å². The molecular formula is C14H11N3O2. The van der Waals surface area contributed by atoms with Crippen LogP contribution in [-0.2, 0) is 0 Å². The first-order valence-electron chi connectivity index (χ1n) is 5.77. The Labute approximate surface area is 109 Å². The number of hydrogen-bond acceptors (Lipinski definition) is 3. The number of H-pyrrole nitrogens is 1. The van der Waals surface area contributed by atoms with Gasteiger partial charge in [0.15, 0.2) is 0 Å². The topological polar surface area (TPSA) is 69.2 Å². The fraction of sp³-hybridized carbons (Fsp3) is 0. The molecule has 1 aromatic carbocycles. The maximum atomic E-state index is 12.1. The molecule has 94 valence electrons. The molecule has 0 aliphatic rings. The lowest BCUT2D eigenvalue weighted by Gasteiger charge is -2.15. The molecule has 0 saturated carbocycles. The van der Waals surface area contributed by atoms with Gasteiger partial charge in [-0.15, -0.1) is 0 Å². The number of carbonyl (C=O) groups is 1. The molecule has 19 heavy (non-hydrogen) atoms. The number of hydrogen-bond donors (Lipinski definition) is 2. The lowest BCUT2D eigenvalue weighted by atomic mass is 10.2. The molecule has 3 aromatic rings. The van der Waals surface area contributed by atoms with Crippen molar-refractivity contribution in [1.29, 1.82) is 0 Å². The number of benzene rings is 1. The molecule has 0 atom stereocenters. The summed E-state index contributed by atoms with van der Waals surface area (Å²) in [7, 11) is 0. The molecule has 0 unspecified atom stereocenters. The number of rotatable bonds is 2. The zero-order valence-corrected chi connectivity index (χ0v) is 9.95. The molecule has 2 aromatic heterocycles. The van der Waals surface area contributed by atoms with Crippen LogP contribution in [0.5, 0.6) is 0 Å². The van der Waals surface area contributed by atoms with E-state index in [9.17, 15) is 10.0 Å². The highest BCUT2D eigenvalue weighted by Gasteiger charge is 2.17. The third-order valence-electron chi connectivity index (χ3n) is 2.90. The SMILES string of the molecule is O=C(c1cccnc1)N(O)c1cccc2[nH]ccc12. The molecule has 2 N–H and O–H groups in total. The van der Waals surface area contributed by atoms with E-state index in [1.165, 1.54) is 6.20 Å². The molecule has 5 heteroatoms. The number of anilines is 1. The number of hydroxylamine groups is 1. The van der Waals surface area contributed by atoms with Crippen LogP contribution in [0.3, 0.4) is 0 Å². The van der Waals surface area contributed by atoms with Gasteiger partial charge in [-0.05, 0) is 30.3 Å². The third-order valence-corrected chi connectivity index (χ3v) is 2.90. The predicted octanol–water partition coefficient (Wildman–Crippen LogP) is 2.60. The average Bonchev–Trinajstić information content (AvgIpc) is 2.95. The van der Waals surface area contributed by atoms with Crippen LogP contribution in [-0.4, -0.2) is 21.1 Å². The van der Waals surface area contributed by atoms with Crippen LogP contribution >= 0.6 is 0 Å². The Balaban J connectivity index is 2.02. The van der Waals surface area contributed by atoms with Crippen LogP contribution in [0.4, 0.5) is 5.69 Å². The van der Waals surface area contributed by atoms with Crippen molar-refractivity contribution < 1.29 is 10.0 Å². The van der Waals surface area contributed by atoms with Gasteiger partial charge < -0.3 is 4.98 Å². The van der Waals surface area contributed by atoms with Crippen molar-refractivity contribution in [3.63, 3.8) is 0 Å². The maximum Gasteiger partial charge on any atom is 0.283 e. The van der Waals surface area contributed by atoms with Gasteiger partial charge in [-0.2, -0.15) is 5.06 Å². The molecule has 2 heterocycles. The summed E-state index contributed by atoms with van der Waals surface area (Å²) in [6.45, 7) is 0. The fourth-order valence-corrected chi connectivity index (χ4v) is 1.97. The van der Waals surface area contributed by atoms with Crippen molar-refractivity contribution in [2.75, 3.05) is 5.06 Å². The second kappa shape index (κ2) is 4.55. The Morgan fingerprint density at radius 3 is 2.89 bits per heavy atom. The normalized spacial score (nSPS) is 10.6. The minimum atomic E-state index is -0.512. The standard InChI is InChI=1S/C14H11N3O2/c18-14(10-3-2-7-15-9-10)17(19)13-5-1-4-12-11(13)6-8-16-12/h1-9,16,19H. The van der Waals surface area contributed by atoms with E-state index < -0.39 is 5.91 Å². The van der Waals surface area contributed by atoms with Crippen molar-refractivity contribution in [3.8, 4) is 0 Å². The maximum absolute atomic E-state index is 12.1. The number of nitrogens with zero attached hydrogens (tertiary/aromatic N) is 2. The minimum Gasteiger partial charge on any atom is -0.361 e. The van der Waals surface area contributed by atoms with Gasteiger partial charge in [-0.1, -0.05) is 6.07 Å². The second-order valence-corrected chi connectivity index (χ2v) is 4.07. The van der Waals surface area contributed by atoms with Crippen molar-refractivity contribution in [2.45, 2.75) is 0 Å². The van der Waals surface area contributed by atoms with Gasteiger partial charge in [0.05, 0.1) is 11.3 Å². The number of amides is 1. The van der Waals surface area contributed by atoms with Gasteiger partial charge in [0.1, 0.15) is 0 Å². The van der Waals surface area contributed by atoms with Crippen LogP contribution in [0.2, 0.25) is 0 Å². The number of fused-ring (bicyclic) bond motifs is 1. The van der Waals surface area contributed by atoms with E-state index in [0.717, 1.165) is 10.9 Å². The molecule has 0 fully saturated rings. The highest BCUT2D eigenvalue weighted by molar-refractivity contribution is 6.08. The first-order chi connectivity index (χ1) is 9.27.